The summed E-state index contributed by atoms with van der Waals surface area (Å²) >= 11 is 0. The molecule has 0 unspecified atom stereocenters. The SMILES string of the molecule is COC(=O)c1ccoc1S(=O)(=O)NCCN1CCCS1(=O)=O. The van der Waals surface area contributed by atoms with Gasteiger partial charge in [-0.3, -0.25) is 0 Å². The number of nitrogens with zero attached hydrogens (tertiary/aromatic N) is 1. The summed E-state index contributed by atoms with van der Waals surface area (Å²) in [5.74, 6) is -0.763. The van der Waals surface area contributed by atoms with Crippen molar-refractivity contribution >= 4 is 26.0 Å². The van der Waals surface area contributed by atoms with Crippen LogP contribution in [0.25, 0.3) is 0 Å². The molecule has 0 bridgehead atoms. The first kappa shape index (κ1) is 16.9. The summed E-state index contributed by atoms with van der Waals surface area (Å²) in [6.45, 7) is 0.275. The minimum atomic E-state index is -4.07. The quantitative estimate of drug-likeness (QED) is 0.677. The van der Waals surface area contributed by atoms with Gasteiger partial charge in [0.2, 0.25) is 15.1 Å². The van der Waals surface area contributed by atoms with Gasteiger partial charge in [-0.1, -0.05) is 0 Å². The third-order valence-corrected chi connectivity index (χ3v) is 6.48. The van der Waals surface area contributed by atoms with Gasteiger partial charge in [-0.2, -0.15) is 0 Å². The molecule has 1 aliphatic rings. The molecular weight excluding hydrogens is 336 g/mol. The van der Waals surface area contributed by atoms with Crippen LogP contribution in [-0.4, -0.2) is 59.6 Å². The van der Waals surface area contributed by atoms with E-state index in [2.05, 4.69) is 9.46 Å². The Bertz CT molecular complexity index is 751. The molecule has 0 saturated carbocycles. The second-order valence-corrected chi connectivity index (χ2v) is 8.33. The van der Waals surface area contributed by atoms with Gasteiger partial charge in [0.25, 0.3) is 10.0 Å². The van der Waals surface area contributed by atoms with E-state index in [9.17, 15) is 21.6 Å². The monoisotopic (exact) mass is 352 g/mol. The predicted molar refractivity (Wildman–Crippen MR) is 75.2 cm³/mol. The maximum atomic E-state index is 12.1. The molecule has 1 fully saturated rings. The smallest absolute Gasteiger partial charge is 0.342 e. The second kappa shape index (κ2) is 6.36. The fourth-order valence-electron chi connectivity index (χ4n) is 2.08. The fourth-order valence-corrected chi connectivity index (χ4v) is 4.72. The van der Waals surface area contributed by atoms with Crippen molar-refractivity contribution in [2.75, 3.05) is 32.5 Å². The number of esters is 1. The minimum Gasteiger partial charge on any atom is -0.465 e. The largest absolute Gasteiger partial charge is 0.465 e. The van der Waals surface area contributed by atoms with E-state index < -0.39 is 31.1 Å². The maximum absolute atomic E-state index is 12.1. The lowest BCUT2D eigenvalue weighted by Gasteiger charge is -2.14. The summed E-state index contributed by atoms with van der Waals surface area (Å²) in [6, 6.07) is 1.19. The first-order valence-electron chi connectivity index (χ1n) is 6.41. The van der Waals surface area contributed by atoms with Gasteiger partial charge in [-0.15, -0.1) is 0 Å². The summed E-state index contributed by atoms with van der Waals surface area (Å²) in [5, 5.41) is -0.552. The van der Waals surface area contributed by atoms with Crippen LogP contribution < -0.4 is 4.72 Å². The van der Waals surface area contributed by atoms with Crippen LogP contribution in [0.1, 0.15) is 16.8 Å². The van der Waals surface area contributed by atoms with Crippen molar-refractivity contribution in [1.29, 1.82) is 0 Å². The standard InChI is InChI=1S/C11H16N2O7S2/c1-19-10(14)9-3-7-20-11(9)22(17,18)12-4-6-13-5-2-8-21(13,15)16/h3,7,12H,2,4-6,8H2,1H3. The van der Waals surface area contributed by atoms with Gasteiger partial charge in [0.15, 0.2) is 0 Å². The molecule has 2 heterocycles. The van der Waals surface area contributed by atoms with Crippen molar-refractivity contribution < 1.29 is 30.8 Å². The molecule has 9 nitrogen and oxygen atoms in total. The summed E-state index contributed by atoms with van der Waals surface area (Å²) in [6.07, 6.45) is 1.59. The van der Waals surface area contributed by atoms with E-state index in [1.165, 1.54) is 10.4 Å². The zero-order valence-electron chi connectivity index (χ0n) is 11.8. The molecule has 22 heavy (non-hydrogen) atoms. The van der Waals surface area contributed by atoms with E-state index in [4.69, 9.17) is 4.42 Å². The van der Waals surface area contributed by atoms with Crippen LogP contribution in [0.15, 0.2) is 21.8 Å². The molecule has 1 aromatic rings. The Kier molecular flexibility index (Phi) is 4.90. The highest BCUT2D eigenvalue weighted by molar-refractivity contribution is 7.89. The van der Waals surface area contributed by atoms with Crippen LogP contribution in [0, 0.1) is 0 Å². The lowest BCUT2D eigenvalue weighted by molar-refractivity contribution is 0.0593. The Morgan fingerprint density at radius 2 is 2.23 bits per heavy atom. The van der Waals surface area contributed by atoms with Gasteiger partial charge in [-0.05, 0) is 12.5 Å². The van der Waals surface area contributed by atoms with E-state index in [0.29, 0.717) is 13.0 Å². The number of furan rings is 1. The average molecular weight is 352 g/mol. The van der Waals surface area contributed by atoms with Gasteiger partial charge in [0, 0.05) is 19.6 Å². The number of methoxy groups -OCH3 is 1. The molecule has 2 rings (SSSR count). The molecule has 1 aromatic heterocycles. The first-order valence-corrected chi connectivity index (χ1v) is 9.50. The molecule has 1 N–H and O–H groups in total. The van der Waals surface area contributed by atoms with E-state index in [-0.39, 0.29) is 24.4 Å². The third kappa shape index (κ3) is 3.48. The van der Waals surface area contributed by atoms with Gasteiger partial charge >= 0.3 is 5.97 Å². The van der Waals surface area contributed by atoms with Crippen molar-refractivity contribution in [2.24, 2.45) is 0 Å². The first-order chi connectivity index (χ1) is 10.3. The Hall–Kier alpha value is -1.43. The fraction of sp³-hybridized carbons (Fsp3) is 0.545. The molecular formula is C11H16N2O7S2. The van der Waals surface area contributed by atoms with E-state index in [1.807, 2.05) is 0 Å². The molecule has 0 aromatic carbocycles. The molecule has 0 atom stereocenters. The molecule has 0 radical (unpaired) electrons. The highest BCUT2D eigenvalue weighted by Crippen LogP contribution is 2.18. The summed E-state index contributed by atoms with van der Waals surface area (Å²) in [4.78, 5) is 11.4. The lowest BCUT2D eigenvalue weighted by Crippen LogP contribution is -2.36. The Labute approximate surface area is 128 Å². The van der Waals surface area contributed by atoms with Gasteiger partial charge in [-0.25, -0.2) is 30.7 Å². The zero-order chi connectivity index (χ0) is 16.4. The highest BCUT2D eigenvalue weighted by atomic mass is 32.2. The Morgan fingerprint density at radius 1 is 1.50 bits per heavy atom. The summed E-state index contributed by atoms with van der Waals surface area (Å²) in [5.41, 5.74) is -0.219. The van der Waals surface area contributed by atoms with Crippen LogP contribution >= 0.6 is 0 Å². The molecule has 1 aliphatic heterocycles. The van der Waals surface area contributed by atoms with E-state index >= 15 is 0 Å². The van der Waals surface area contributed by atoms with E-state index in [1.54, 1.807) is 0 Å². The number of carbonyl (C=O) groups is 1. The molecule has 124 valence electrons. The van der Waals surface area contributed by atoms with Crippen molar-refractivity contribution in [2.45, 2.75) is 11.5 Å². The van der Waals surface area contributed by atoms with Crippen LogP contribution in [0.3, 0.4) is 0 Å². The molecule has 0 spiro atoms. The molecule has 11 heteroatoms. The average Bonchev–Trinajstić information content (AvgIpc) is 3.05. The van der Waals surface area contributed by atoms with E-state index in [0.717, 1.165) is 13.4 Å². The summed E-state index contributed by atoms with van der Waals surface area (Å²) in [7, 11) is -6.23. The van der Waals surface area contributed by atoms with Crippen molar-refractivity contribution in [3.05, 3.63) is 17.9 Å². The predicted octanol–water partition coefficient (Wildman–Crippen LogP) is -0.620. The Morgan fingerprint density at radius 3 is 2.82 bits per heavy atom. The van der Waals surface area contributed by atoms with Crippen molar-refractivity contribution in [1.82, 2.24) is 9.03 Å². The van der Waals surface area contributed by atoms with Crippen LogP contribution in [0.5, 0.6) is 0 Å². The highest BCUT2D eigenvalue weighted by Gasteiger charge is 2.30. The maximum Gasteiger partial charge on any atom is 0.342 e. The number of carbonyl (C=O) groups excluding carboxylic acids is 1. The lowest BCUT2D eigenvalue weighted by atomic mass is 10.3. The van der Waals surface area contributed by atoms with Crippen LogP contribution in [0.4, 0.5) is 0 Å². The third-order valence-electron chi connectivity index (χ3n) is 3.14. The number of ether oxygens (including phenoxy) is 1. The van der Waals surface area contributed by atoms with Gasteiger partial charge in [0.05, 0.1) is 19.1 Å². The Balaban J connectivity index is 2.03. The van der Waals surface area contributed by atoms with Crippen molar-refractivity contribution in [3.63, 3.8) is 0 Å². The molecule has 0 amide bonds. The number of nitrogens with one attached hydrogen (secondary N) is 1. The van der Waals surface area contributed by atoms with Crippen LogP contribution in [-0.2, 0) is 24.8 Å². The van der Waals surface area contributed by atoms with Crippen molar-refractivity contribution in [3.8, 4) is 0 Å². The van der Waals surface area contributed by atoms with Crippen LogP contribution in [0.2, 0.25) is 0 Å². The zero-order valence-corrected chi connectivity index (χ0v) is 13.4. The number of hydrogen-bond acceptors (Lipinski definition) is 7. The minimum absolute atomic E-state index is 0.0236. The summed E-state index contributed by atoms with van der Waals surface area (Å²) < 4.78 is 60.1. The topological polar surface area (TPSA) is 123 Å². The molecule has 0 aliphatic carbocycles. The molecule has 1 saturated heterocycles. The van der Waals surface area contributed by atoms with Gasteiger partial charge < -0.3 is 9.15 Å². The van der Waals surface area contributed by atoms with Gasteiger partial charge in [0.1, 0.15) is 5.56 Å². The number of rotatable bonds is 6. The second-order valence-electron chi connectivity index (χ2n) is 4.58. The number of sulfonamides is 2. The number of hydrogen-bond donors (Lipinski definition) is 1. The normalized spacial score (nSPS) is 18.4.